The zero-order valence-corrected chi connectivity index (χ0v) is 11.8. The van der Waals surface area contributed by atoms with E-state index in [-0.39, 0.29) is 5.91 Å². The van der Waals surface area contributed by atoms with E-state index in [2.05, 4.69) is 10.6 Å². The second-order valence-electron chi connectivity index (χ2n) is 4.31. The molecule has 1 aromatic carbocycles. The first-order valence-electron chi connectivity index (χ1n) is 6.67. The number of carbonyl (C=O) groups excluding carboxylic acids is 2. The smallest absolute Gasteiger partial charge is 0.411 e. The molecule has 0 aliphatic heterocycles. The molecule has 110 valence electrons. The van der Waals surface area contributed by atoms with Crippen LogP contribution in [0.1, 0.15) is 26.7 Å². The number of hydrogen-bond acceptors (Lipinski definition) is 4. The fourth-order valence-electron chi connectivity index (χ4n) is 1.60. The second kappa shape index (κ2) is 8.16. The van der Waals surface area contributed by atoms with Crippen LogP contribution in [0.4, 0.5) is 16.2 Å². The van der Waals surface area contributed by atoms with Crippen molar-refractivity contribution in [3.63, 3.8) is 0 Å². The van der Waals surface area contributed by atoms with Gasteiger partial charge in [0, 0.05) is 11.4 Å². The molecule has 0 bridgehead atoms. The molecule has 1 aromatic rings. The minimum absolute atomic E-state index is 0.210. The summed E-state index contributed by atoms with van der Waals surface area (Å²) in [5.41, 5.74) is 6.95. The Morgan fingerprint density at radius 3 is 2.20 bits per heavy atom. The van der Waals surface area contributed by atoms with E-state index in [0.717, 1.165) is 6.42 Å². The lowest BCUT2D eigenvalue weighted by Crippen LogP contribution is -2.35. The highest BCUT2D eigenvalue weighted by atomic mass is 16.5. The van der Waals surface area contributed by atoms with Crippen molar-refractivity contribution in [1.29, 1.82) is 0 Å². The van der Waals surface area contributed by atoms with Gasteiger partial charge in [-0.15, -0.1) is 0 Å². The summed E-state index contributed by atoms with van der Waals surface area (Å²) in [6.45, 7) is 4.02. The van der Waals surface area contributed by atoms with Crippen molar-refractivity contribution in [1.82, 2.24) is 0 Å². The second-order valence-corrected chi connectivity index (χ2v) is 4.31. The van der Waals surface area contributed by atoms with Gasteiger partial charge in [-0.05, 0) is 37.6 Å². The van der Waals surface area contributed by atoms with Crippen molar-refractivity contribution in [3.05, 3.63) is 24.3 Å². The number of carbonyl (C=O) groups is 2. The van der Waals surface area contributed by atoms with Gasteiger partial charge in [0.1, 0.15) is 0 Å². The van der Waals surface area contributed by atoms with E-state index < -0.39 is 12.1 Å². The molecular weight excluding hydrogens is 258 g/mol. The summed E-state index contributed by atoms with van der Waals surface area (Å²) in [7, 11) is 0. The molecule has 2 amide bonds. The summed E-state index contributed by atoms with van der Waals surface area (Å²) in [4.78, 5) is 22.9. The van der Waals surface area contributed by atoms with Crippen LogP contribution in [0.2, 0.25) is 0 Å². The minimum atomic E-state index is -0.505. The molecular formula is C14H21N3O3. The van der Waals surface area contributed by atoms with E-state index in [1.165, 1.54) is 0 Å². The third kappa shape index (κ3) is 5.27. The van der Waals surface area contributed by atoms with Crippen molar-refractivity contribution in [2.45, 2.75) is 32.7 Å². The standard InChI is InChI=1S/C14H21N3O3/c1-3-5-12(15)13(18)16-10-6-8-11(9-7-10)17-14(19)20-4-2/h6-9,12H,3-5,15H2,1-2H3,(H,16,18)(H,17,19)/t12-/m0/s1. The lowest BCUT2D eigenvalue weighted by molar-refractivity contribution is -0.117. The molecule has 6 nitrogen and oxygen atoms in total. The number of benzene rings is 1. The highest BCUT2D eigenvalue weighted by Crippen LogP contribution is 2.14. The van der Waals surface area contributed by atoms with Crippen LogP contribution in [0.25, 0.3) is 0 Å². The quantitative estimate of drug-likeness (QED) is 0.745. The fraction of sp³-hybridized carbons (Fsp3) is 0.429. The number of amides is 2. The topological polar surface area (TPSA) is 93.5 Å². The largest absolute Gasteiger partial charge is 0.450 e. The Bertz CT molecular complexity index is 445. The van der Waals surface area contributed by atoms with Gasteiger partial charge < -0.3 is 15.8 Å². The van der Waals surface area contributed by atoms with Crippen LogP contribution in [-0.2, 0) is 9.53 Å². The molecule has 0 unspecified atom stereocenters. The van der Waals surface area contributed by atoms with Crippen molar-refractivity contribution < 1.29 is 14.3 Å². The van der Waals surface area contributed by atoms with E-state index in [0.29, 0.717) is 24.4 Å². The van der Waals surface area contributed by atoms with Crippen LogP contribution in [0, 0.1) is 0 Å². The predicted octanol–water partition coefficient (Wildman–Crippen LogP) is 2.32. The van der Waals surface area contributed by atoms with Crippen LogP contribution < -0.4 is 16.4 Å². The zero-order valence-electron chi connectivity index (χ0n) is 11.8. The molecule has 0 fully saturated rings. The molecule has 0 saturated carbocycles. The van der Waals surface area contributed by atoms with E-state index in [4.69, 9.17) is 10.5 Å². The first-order chi connectivity index (χ1) is 9.56. The number of hydrogen-bond donors (Lipinski definition) is 3. The maximum Gasteiger partial charge on any atom is 0.411 e. The Labute approximate surface area is 118 Å². The van der Waals surface area contributed by atoms with Crippen LogP contribution in [0.5, 0.6) is 0 Å². The summed E-state index contributed by atoms with van der Waals surface area (Å²) >= 11 is 0. The van der Waals surface area contributed by atoms with E-state index in [9.17, 15) is 9.59 Å². The molecule has 0 saturated heterocycles. The van der Waals surface area contributed by atoms with E-state index in [1.54, 1.807) is 31.2 Å². The van der Waals surface area contributed by atoms with Crippen LogP contribution >= 0.6 is 0 Å². The molecule has 1 rings (SSSR count). The lowest BCUT2D eigenvalue weighted by atomic mass is 10.1. The molecule has 0 heterocycles. The maximum absolute atomic E-state index is 11.7. The highest BCUT2D eigenvalue weighted by Gasteiger charge is 2.12. The monoisotopic (exact) mass is 279 g/mol. The molecule has 20 heavy (non-hydrogen) atoms. The Kier molecular flexibility index (Phi) is 6.52. The van der Waals surface area contributed by atoms with Gasteiger partial charge in [-0.2, -0.15) is 0 Å². The van der Waals surface area contributed by atoms with Crippen LogP contribution in [-0.4, -0.2) is 24.6 Å². The summed E-state index contributed by atoms with van der Waals surface area (Å²) in [5, 5.41) is 5.29. The highest BCUT2D eigenvalue weighted by molar-refractivity contribution is 5.95. The van der Waals surface area contributed by atoms with E-state index in [1.807, 2.05) is 6.92 Å². The molecule has 0 radical (unpaired) electrons. The maximum atomic E-state index is 11.7. The molecule has 6 heteroatoms. The Morgan fingerprint density at radius 1 is 1.15 bits per heavy atom. The van der Waals surface area contributed by atoms with Gasteiger partial charge in [-0.25, -0.2) is 4.79 Å². The number of nitrogens with two attached hydrogens (primary N) is 1. The minimum Gasteiger partial charge on any atom is -0.450 e. The summed E-state index contributed by atoms with van der Waals surface area (Å²) < 4.78 is 4.76. The van der Waals surface area contributed by atoms with Gasteiger partial charge in [0.2, 0.25) is 5.91 Å². The van der Waals surface area contributed by atoms with Crippen molar-refractivity contribution in [2.24, 2.45) is 5.73 Å². The fourth-order valence-corrected chi connectivity index (χ4v) is 1.60. The van der Waals surface area contributed by atoms with Gasteiger partial charge >= 0.3 is 6.09 Å². The normalized spacial score (nSPS) is 11.6. The van der Waals surface area contributed by atoms with Crippen molar-refractivity contribution >= 4 is 23.4 Å². The van der Waals surface area contributed by atoms with Gasteiger partial charge in [-0.1, -0.05) is 13.3 Å². The Morgan fingerprint density at radius 2 is 1.70 bits per heavy atom. The molecule has 4 N–H and O–H groups in total. The van der Waals surface area contributed by atoms with Crippen LogP contribution in [0.3, 0.4) is 0 Å². The number of ether oxygens (including phenoxy) is 1. The third-order valence-corrected chi connectivity index (χ3v) is 2.61. The SMILES string of the molecule is CCC[C@H](N)C(=O)Nc1ccc(NC(=O)OCC)cc1. The molecule has 1 atom stereocenters. The van der Waals surface area contributed by atoms with Gasteiger partial charge in [0.15, 0.2) is 0 Å². The first kappa shape index (κ1) is 16.0. The van der Waals surface area contributed by atoms with Crippen LogP contribution in [0.15, 0.2) is 24.3 Å². The predicted molar refractivity (Wildman–Crippen MR) is 78.6 cm³/mol. The summed E-state index contributed by atoms with van der Waals surface area (Å²) in [6.07, 6.45) is 1.000. The number of rotatable bonds is 6. The van der Waals surface area contributed by atoms with E-state index >= 15 is 0 Å². The lowest BCUT2D eigenvalue weighted by Gasteiger charge is -2.11. The molecule has 0 aromatic heterocycles. The summed E-state index contributed by atoms with van der Waals surface area (Å²) in [5.74, 6) is -0.210. The molecule has 0 aliphatic carbocycles. The number of anilines is 2. The summed E-state index contributed by atoms with van der Waals surface area (Å²) in [6, 6.07) is 6.24. The average molecular weight is 279 g/mol. The average Bonchev–Trinajstić information content (AvgIpc) is 2.41. The Balaban J connectivity index is 2.54. The Hall–Kier alpha value is -2.08. The van der Waals surface area contributed by atoms with Gasteiger partial charge in [0.05, 0.1) is 12.6 Å². The van der Waals surface area contributed by atoms with Gasteiger partial charge in [-0.3, -0.25) is 10.1 Å². The zero-order chi connectivity index (χ0) is 15.0. The molecule has 0 spiro atoms. The number of nitrogens with one attached hydrogen (secondary N) is 2. The molecule has 0 aliphatic rings. The third-order valence-electron chi connectivity index (χ3n) is 2.61. The van der Waals surface area contributed by atoms with Crippen molar-refractivity contribution in [2.75, 3.05) is 17.2 Å². The van der Waals surface area contributed by atoms with Crippen molar-refractivity contribution in [3.8, 4) is 0 Å². The van der Waals surface area contributed by atoms with Gasteiger partial charge in [0.25, 0.3) is 0 Å². The first-order valence-corrected chi connectivity index (χ1v) is 6.67.